The van der Waals surface area contributed by atoms with Crippen molar-refractivity contribution in [3.8, 4) is 0 Å². The maximum absolute atomic E-state index is 12.6. The van der Waals surface area contributed by atoms with Crippen LogP contribution < -0.4 is 10.7 Å². The van der Waals surface area contributed by atoms with Gasteiger partial charge in [-0.3, -0.25) is 9.36 Å². The molecule has 0 atom stereocenters. The molecule has 0 saturated heterocycles. The van der Waals surface area contributed by atoms with Crippen LogP contribution in [0.5, 0.6) is 0 Å². The molecule has 1 amide bonds. The number of amides is 1. The quantitative estimate of drug-likeness (QED) is 0.744. The molecule has 0 radical (unpaired) electrons. The van der Waals surface area contributed by atoms with E-state index in [1.807, 2.05) is 49.4 Å². The number of hydrogen-bond acceptors (Lipinski definition) is 3. The molecular formula is C18H18N2O3. The summed E-state index contributed by atoms with van der Waals surface area (Å²) in [6.45, 7) is 2.56. The minimum atomic E-state index is -0.400. The lowest BCUT2D eigenvalue weighted by molar-refractivity contribution is -0.117. The van der Waals surface area contributed by atoms with Gasteiger partial charge in [0, 0.05) is 19.3 Å². The molecule has 1 heterocycles. The number of likely N-dealkylation sites (N-methyl/N-ethyl adjacent to an activating group) is 1. The molecule has 2 aromatic carbocycles. The summed E-state index contributed by atoms with van der Waals surface area (Å²) < 4.78 is 6.55. The summed E-state index contributed by atoms with van der Waals surface area (Å²) in [5.74, 6) is -0.380. The largest absolute Gasteiger partial charge is 0.419 e. The van der Waals surface area contributed by atoms with E-state index in [0.717, 1.165) is 11.3 Å². The number of benzene rings is 2. The lowest BCUT2D eigenvalue weighted by Gasteiger charge is -2.21. The van der Waals surface area contributed by atoms with E-state index in [1.54, 1.807) is 18.0 Å². The normalized spacial score (nSPS) is 10.9. The van der Waals surface area contributed by atoms with Gasteiger partial charge in [0.2, 0.25) is 5.91 Å². The molecule has 1 aromatic heterocycles. The number of para-hydroxylation sites is 1. The first-order chi connectivity index (χ1) is 11.1. The monoisotopic (exact) mass is 310 g/mol. The van der Waals surface area contributed by atoms with E-state index in [9.17, 15) is 9.59 Å². The Morgan fingerprint density at radius 1 is 1.17 bits per heavy atom. The fourth-order valence-electron chi connectivity index (χ4n) is 2.66. The number of aromatic nitrogens is 1. The third-order valence-corrected chi connectivity index (χ3v) is 3.90. The minimum Gasteiger partial charge on any atom is -0.408 e. The fourth-order valence-corrected chi connectivity index (χ4v) is 2.66. The van der Waals surface area contributed by atoms with Gasteiger partial charge in [-0.15, -0.1) is 0 Å². The molecular weight excluding hydrogens is 292 g/mol. The predicted octanol–water partition coefficient (Wildman–Crippen LogP) is 2.73. The van der Waals surface area contributed by atoms with Gasteiger partial charge in [0.1, 0.15) is 0 Å². The van der Waals surface area contributed by atoms with Gasteiger partial charge in [-0.2, -0.15) is 0 Å². The van der Waals surface area contributed by atoms with Gasteiger partial charge in [0.15, 0.2) is 5.58 Å². The number of anilines is 1. The second kappa shape index (κ2) is 6.12. The molecule has 0 aliphatic rings. The summed E-state index contributed by atoms with van der Waals surface area (Å²) in [6.07, 6.45) is 0.276. The number of nitrogens with zero attached hydrogens (tertiary/aromatic N) is 2. The van der Waals surface area contributed by atoms with Crippen LogP contribution in [0.3, 0.4) is 0 Å². The van der Waals surface area contributed by atoms with Gasteiger partial charge in [0.25, 0.3) is 0 Å². The number of carbonyl (C=O) groups excluding carboxylic acids is 1. The van der Waals surface area contributed by atoms with E-state index in [-0.39, 0.29) is 12.3 Å². The van der Waals surface area contributed by atoms with Crippen LogP contribution in [0.2, 0.25) is 0 Å². The van der Waals surface area contributed by atoms with Gasteiger partial charge in [-0.25, -0.2) is 4.79 Å². The van der Waals surface area contributed by atoms with E-state index in [4.69, 9.17) is 4.42 Å². The molecule has 0 unspecified atom stereocenters. The highest BCUT2D eigenvalue weighted by Gasteiger charge is 2.15. The Morgan fingerprint density at radius 2 is 1.91 bits per heavy atom. The van der Waals surface area contributed by atoms with Crippen molar-refractivity contribution in [1.82, 2.24) is 4.57 Å². The molecule has 0 aliphatic carbocycles. The van der Waals surface area contributed by atoms with E-state index < -0.39 is 5.76 Å². The Kier molecular flexibility index (Phi) is 4.02. The van der Waals surface area contributed by atoms with Crippen molar-refractivity contribution in [3.63, 3.8) is 0 Å². The molecule has 0 fully saturated rings. The third kappa shape index (κ3) is 2.90. The Balaban J connectivity index is 1.87. The Bertz CT molecular complexity index is 894. The van der Waals surface area contributed by atoms with Crippen molar-refractivity contribution >= 4 is 22.7 Å². The minimum absolute atomic E-state index is 0.0199. The van der Waals surface area contributed by atoms with Crippen molar-refractivity contribution in [2.75, 3.05) is 11.4 Å². The van der Waals surface area contributed by atoms with E-state index in [0.29, 0.717) is 17.6 Å². The number of aryl methyl sites for hydroxylation is 1. The standard InChI is InChI=1S/C18H18N2O3/c1-3-20(14-7-5-4-6-8-14)17(21)12-13-9-10-16-15(11-13)19(2)18(22)23-16/h4-11H,3,12H2,1-2H3. The lowest BCUT2D eigenvalue weighted by atomic mass is 10.1. The molecule has 118 valence electrons. The van der Waals surface area contributed by atoms with Crippen LogP contribution in [0.4, 0.5) is 5.69 Å². The zero-order valence-corrected chi connectivity index (χ0v) is 13.2. The zero-order chi connectivity index (χ0) is 16.4. The lowest BCUT2D eigenvalue weighted by Crippen LogP contribution is -2.31. The van der Waals surface area contributed by atoms with Crippen molar-refractivity contribution in [1.29, 1.82) is 0 Å². The van der Waals surface area contributed by atoms with Crippen LogP contribution >= 0.6 is 0 Å². The second-order valence-electron chi connectivity index (χ2n) is 5.38. The molecule has 5 nitrogen and oxygen atoms in total. The Morgan fingerprint density at radius 3 is 2.61 bits per heavy atom. The van der Waals surface area contributed by atoms with E-state index in [2.05, 4.69) is 0 Å². The first-order valence-electron chi connectivity index (χ1n) is 7.54. The van der Waals surface area contributed by atoms with Crippen LogP contribution in [-0.2, 0) is 18.3 Å². The molecule has 0 bridgehead atoms. The van der Waals surface area contributed by atoms with Gasteiger partial charge in [0.05, 0.1) is 11.9 Å². The molecule has 3 rings (SSSR count). The number of rotatable bonds is 4. The summed E-state index contributed by atoms with van der Waals surface area (Å²) in [7, 11) is 1.65. The van der Waals surface area contributed by atoms with Crippen molar-refractivity contribution in [3.05, 3.63) is 64.6 Å². The highest BCUT2D eigenvalue weighted by atomic mass is 16.4. The van der Waals surface area contributed by atoms with Crippen LogP contribution in [-0.4, -0.2) is 17.0 Å². The van der Waals surface area contributed by atoms with Crippen molar-refractivity contribution in [2.24, 2.45) is 7.05 Å². The average molecular weight is 310 g/mol. The van der Waals surface area contributed by atoms with Crippen LogP contribution in [0.15, 0.2) is 57.7 Å². The summed E-state index contributed by atoms with van der Waals surface area (Å²) >= 11 is 0. The number of fused-ring (bicyclic) bond motifs is 1. The fraction of sp³-hybridized carbons (Fsp3) is 0.222. The van der Waals surface area contributed by atoms with E-state index in [1.165, 1.54) is 4.57 Å². The predicted molar refractivity (Wildman–Crippen MR) is 89.6 cm³/mol. The first-order valence-corrected chi connectivity index (χ1v) is 7.54. The maximum atomic E-state index is 12.6. The van der Waals surface area contributed by atoms with Gasteiger partial charge < -0.3 is 9.32 Å². The molecule has 23 heavy (non-hydrogen) atoms. The molecule has 5 heteroatoms. The third-order valence-electron chi connectivity index (χ3n) is 3.90. The van der Waals surface area contributed by atoms with Crippen LogP contribution in [0.1, 0.15) is 12.5 Å². The topological polar surface area (TPSA) is 55.5 Å². The molecule has 0 spiro atoms. The van der Waals surface area contributed by atoms with E-state index >= 15 is 0 Å². The average Bonchev–Trinajstić information content (AvgIpc) is 2.84. The SMILES string of the molecule is CCN(C(=O)Cc1ccc2oc(=O)n(C)c2c1)c1ccccc1. The van der Waals surface area contributed by atoms with Gasteiger partial charge in [-0.05, 0) is 36.8 Å². The molecule has 0 aliphatic heterocycles. The maximum Gasteiger partial charge on any atom is 0.419 e. The second-order valence-corrected chi connectivity index (χ2v) is 5.38. The molecule has 0 N–H and O–H groups in total. The summed E-state index contributed by atoms with van der Waals surface area (Å²) in [5, 5.41) is 0. The van der Waals surface area contributed by atoms with Gasteiger partial charge in [-0.1, -0.05) is 24.3 Å². The summed E-state index contributed by atoms with van der Waals surface area (Å²) in [5.41, 5.74) is 2.97. The summed E-state index contributed by atoms with van der Waals surface area (Å²) in [4.78, 5) is 25.9. The smallest absolute Gasteiger partial charge is 0.408 e. The molecule has 3 aromatic rings. The van der Waals surface area contributed by atoms with Crippen molar-refractivity contribution in [2.45, 2.75) is 13.3 Å². The first kappa shape index (κ1) is 15.1. The Labute approximate surface area is 133 Å². The van der Waals surface area contributed by atoms with Crippen molar-refractivity contribution < 1.29 is 9.21 Å². The zero-order valence-electron chi connectivity index (χ0n) is 13.2. The highest BCUT2D eigenvalue weighted by molar-refractivity contribution is 5.95. The number of oxazole rings is 1. The number of hydrogen-bond donors (Lipinski definition) is 0. The highest BCUT2D eigenvalue weighted by Crippen LogP contribution is 2.18. The Hall–Kier alpha value is -2.82. The van der Waals surface area contributed by atoms with Crippen LogP contribution in [0, 0.1) is 0 Å². The van der Waals surface area contributed by atoms with Crippen LogP contribution in [0.25, 0.3) is 11.1 Å². The molecule has 0 saturated carbocycles. The van der Waals surface area contributed by atoms with Gasteiger partial charge >= 0.3 is 5.76 Å². The summed E-state index contributed by atoms with van der Waals surface area (Å²) in [6, 6.07) is 15.0. The number of carbonyl (C=O) groups is 1.